The molecule has 0 saturated carbocycles. The first-order valence-corrected chi connectivity index (χ1v) is 4.15. The summed E-state index contributed by atoms with van der Waals surface area (Å²) in [6.45, 7) is 5.30. The molecular weight excluding hydrogens is 184 g/mol. The first-order chi connectivity index (χ1) is 6.42. The molecule has 1 aromatic heterocycles. The molecule has 14 heavy (non-hydrogen) atoms. The zero-order valence-corrected chi connectivity index (χ0v) is 8.35. The Kier molecular flexibility index (Phi) is 2.69. The summed E-state index contributed by atoms with van der Waals surface area (Å²) in [5.41, 5.74) is -0.348. The maximum Gasteiger partial charge on any atom is 0.419 e. The summed E-state index contributed by atoms with van der Waals surface area (Å²) in [6, 6.07) is 0. The molecule has 0 atom stereocenters. The molecule has 0 unspecified atom stereocenters. The molecule has 0 aliphatic carbocycles. The van der Waals surface area contributed by atoms with E-state index >= 15 is 0 Å². The number of aromatic nitrogens is 2. The molecule has 0 saturated heterocycles. The third-order valence-corrected chi connectivity index (χ3v) is 1.33. The van der Waals surface area contributed by atoms with Gasteiger partial charge in [0.15, 0.2) is 6.29 Å². The number of nitrogens with zero attached hydrogens (tertiary/aromatic N) is 2. The lowest BCUT2D eigenvalue weighted by Gasteiger charge is -2.18. The van der Waals surface area contributed by atoms with Crippen LogP contribution in [0.2, 0.25) is 0 Å². The van der Waals surface area contributed by atoms with E-state index in [0.717, 1.165) is 4.57 Å². The number of hydrogen-bond donors (Lipinski definition) is 0. The fourth-order valence-corrected chi connectivity index (χ4v) is 0.813. The maximum absolute atomic E-state index is 11.4. The third-order valence-electron chi connectivity index (χ3n) is 1.33. The van der Waals surface area contributed by atoms with Gasteiger partial charge in [0.1, 0.15) is 17.6 Å². The van der Waals surface area contributed by atoms with Crippen LogP contribution in [0.3, 0.4) is 0 Å². The lowest BCUT2D eigenvalue weighted by molar-refractivity contribution is 0.0536. The number of rotatable bonds is 1. The summed E-state index contributed by atoms with van der Waals surface area (Å²) in [5, 5.41) is 0. The van der Waals surface area contributed by atoms with Crippen LogP contribution in [0.25, 0.3) is 0 Å². The number of aldehydes is 1. The molecule has 76 valence electrons. The van der Waals surface area contributed by atoms with Crippen LogP contribution in [-0.4, -0.2) is 27.5 Å². The van der Waals surface area contributed by atoms with Gasteiger partial charge < -0.3 is 4.74 Å². The molecule has 0 aliphatic rings. The highest BCUT2D eigenvalue weighted by atomic mass is 16.6. The van der Waals surface area contributed by atoms with Gasteiger partial charge in [-0.1, -0.05) is 0 Å². The number of hydrogen-bond acceptors (Lipinski definition) is 4. The van der Waals surface area contributed by atoms with Crippen LogP contribution in [0.5, 0.6) is 0 Å². The fraction of sp³-hybridized carbons (Fsp3) is 0.444. The molecule has 0 aliphatic heterocycles. The van der Waals surface area contributed by atoms with Gasteiger partial charge in [-0.05, 0) is 20.8 Å². The van der Waals surface area contributed by atoms with E-state index in [4.69, 9.17) is 4.74 Å². The Morgan fingerprint density at radius 2 is 2.21 bits per heavy atom. The predicted octanol–water partition coefficient (Wildman–Crippen LogP) is 1.48. The minimum atomic E-state index is -0.553. The molecule has 0 spiro atoms. The van der Waals surface area contributed by atoms with Gasteiger partial charge in [0.25, 0.3) is 0 Å². The Bertz CT molecular complexity index is 349. The SMILES string of the molecule is CC(C)(C)OC(=O)n1cnc(C=O)c1. The second-order valence-electron chi connectivity index (χ2n) is 3.80. The van der Waals surface area contributed by atoms with Crippen LogP contribution in [0, 0.1) is 0 Å². The van der Waals surface area contributed by atoms with E-state index in [1.807, 2.05) is 0 Å². The van der Waals surface area contributed by atoms with Crippen molar-refractivity contribution in [2.45, 2.75) is 26.4 Å². The van der Waals surface area contributed by atoms with Crippen molar-refractivity contribution < 1.29 is 14.3 Å². The Hall–Kier alpha value is -1.65. The maximum atomic E-state index is 11.4. The molecule has 0 bridgehead atoms. The molecule has 0 amide bonds. The normalized spacial score (nSPS) is 11.1. The summed E-state index contributed by atoms with van der Waals surface area (Å²) in [4.78, 5) is 25.4. The van der Waals surface area contributed by atoms with Gasteiger partial charge in [0.05, 0.1) is 0 Å². The molecule has 5 heteroatoms. The Labute approximate surface area is 81.7 Å². The van der Waals surface area contributed by atoms with Gasteiger partial charge in [0.2, 0.25) is 0 Å². The summed E-state index contributed by atoms with van der Waals surface area (Å²) in [5.74, 6) is 0. The summed E-state index contributed by atoms with van der Waals surface area (Å²) in [6.07, 6.45) is 2.60. The van der Waals surface area contributed by atoms with E-state index in [2.05, 4.69) is 4.98 Å². The Balaban J connectivity index is 2.75. The van der Waals surface area contributed by atoms with Crippen molar-refractivity contribution in [3.05, 3.63) is 18.2 Å². The highest BCUT2D eigenvalue weighted by Gasteiger charge is 2.17. The average Bonchev–Trinajstić information content (AvgIpc) is 2.48. The van der Waals surface area contributed by atoms with Crippen molar-refractivity contribution in [2.24, 2.45) is 0 Å². The van der Waals surface area contributed by atoms with Crippen LogP contribution >= 0.6 is 0 Å². The van der Waals surface area contributed by atoms with Crippen LogP contribution < -0.4 is 0 Å². The molecular formula is C9H12N2O3. The first kappa shape index (κ1) is 10.4. The summed E-state index contributed by atoms with van der Waals surface area (Å²) < 4.78 is 6.18. The van der Waals surface area contributed by atoms with Gasteiger partial charge >= 0.3 is 6.09 Å². The second kappa shape index (κ2) is 3.61. The zero-order chi connectivity index (χ0) is 10.8. The number of carbonyl (C=O) groups is 2. The Morgan fingerprint density at radius 1 is 1.57 bits per heavy atom. The van der Waals surface area contributed by atoms with Gasteiger partial charge in [-0.3, -0.25) is 4.79 Å². The third kappa shape index (κ3) is 2.69. The lowest BCUT2D eigenvalue weighted by Crippen LogP contribution is -2.26. The minimum Gasteiger partial charge on any atom is -0.443 e. The fourth-order valence-electron chi connectivity index (χ4n) is 0.813. The number of carbonyl (C=O) groups excluding carboxylic acids is 2. The van der Waals surface area contributed by atoms with E-state index < -0.39 is 11.7 Å². The van der Waals surface area contributed by atoms with Crippen molar-refractivity contribution in [1.82, 2.24) is 9.55 Å². The van der Waals surface area contributed by atoms with Gasteiger partial charge in [-0.15, -0.1) is 0 Å². The zero-order valence-electron chi connectivity index (χ0n) is 8.35. The average molecular weight is 196 g/mol. The molecule has 0 aromatic carbocycles. The van der Waals surface area contributed by atoms with Gasteiger partial charge in [0, 0.05) is 6.20 Å². The van der Waals surface area contributed by atoms with Crippen molar-refractivity contribution in [2.75, 3.05) is 0 Å². The molecule has 0 fully saturated rings. The standard InChI is InChI=1S/C9H12N2O3/c1-9(2,3)14-8(13)11-4-7(5-12)10-6-11/h4-6H,1-3H3. The van der Waals surface area contributed by atoms with Gasteiger partial charge in [-0.25, -0.2) is 14.3 Å². The Morgan fingerprint density at radius 3 is 2.64 bits per heavy atom. The van der Waals surface area contributed by atoms with E-state index in [1.165, 1.54) is 12.5 Å². The first-order valence-electron chi connectivity index (χ1n) is 4.15. The van der Waals surface area contributed by atoms with Crippen LogP contribution in [0.1, 0.15) is 31.3 Å². The number of ether oxygens (including phenoxy) is 1. The molecule has 5 nitrogen and oxygen atoms in total. The molecule has 1 rings (SSSR count). The van der Waals surface area contributed by atoms with Crippen LogP contribution in [0.4, 0.5) is 4.79 Å². The smallest absolute Gasteiger partial charge is 0.419 e. The largest absolute Gasteiger partial charge is 0.443 e. The van der Waals surface area contributed by atoms with Crippen LogP contribution in [0.15, 0.2) is 12.5 Å². The molecule has 1 heterocycles. The van der Waals surface area contributed by atoms with E-state index in [0.29, 0.717) is 6.29 Å². The topological polar surface area (TPSA) is 61.2 Å². The molecule has 0 radical (unpaired) electrons. The molecule has 0 N–H and O–H groups in total. The van der Waals surface area contributed by atoms with E-state index in [1.54, 1.807) is 20.8 Å². The summed E-state index contributed by atoms with van der Waals surface area (Å²) in [7, 11) is 0. The minimum absolute atomic E-state index is 0.204. The van der Waals surface area contributed by atoms with E-state index in [9.17, 15) is 9.59 Å². The predicted molar refractivity (Wildman–Crippen MR) is 49.2 cm³/mol. The van der Waals surface area contributed by atoms with Crippen molar-refractivity contribution >= 4 is 12.4 Å². The number of imidazole rings is 1. The quantitative estimate of drug-likeness (QED) is 0.638. The van der Waals surface area contributed by atoms with Crippen molar-refractivity contribution in [3.8, 4) is 0 Å². The van der Waals surface area contributed by atoms with Crippen molar-refractivity contribution in [3.63, 3.8) is 0 Å². The highest BCUT2D eigenvalue weighted by molar-refractivity contribution is 5.75. The summed E-state index contributed by atoms with van der Waals surface area (Å²) >= 11 is 0. The van der Waals surface area contributed by atoms with E-state index in [-0.39, 0.29) is 5.69 Å². The molecule has 1 aromatic rings. The van der Waals surface area contributed by atoms with Crippen molar-refractivity contribution in [1.29, 1.82) is 0 Å². The monoisotopic (exact) mass is 196 g/mol. The van der Waals surface area contributed by atoms with Crippen LogP contribution in [-0.2, 0) is 4.74 Å². The van der Waals surface area contributed by atoms with Gasteiger partial charge in [-0.2, -0.15) is 0 Å². The second-order valence-corrected chi connectivity index (χ2v) is 3.80. The lowest BCUT2D eigenvalue weighted by atomic mass is 10.2. The highest BCUT2D eigenvalue weighted by Crippen LogP contribution is 2.08.